The number of carbonyl (C=O) groups is 2. The van der Waals surface area contributed by atoms with Crippen LogP contribution in [0.15, 0.2) is 0 Å². The van der Waals surface area contributed by atoms with E-state index < -0.39 is 43.1 Å². The molecule has 0 heterocycles. The van der Waals surface area contributed by atoms with E-state index in [1.807, 2.05) is 0 Å². The summed E-state index contributed by atoms with van der Waals surface area (Å²) in [5, 5.41) is 1.41. The zero-order valence-corrected chi connectivity index (χ0v) is 9.69. The number of halogens is 6. The Labute approximate surface area is 104 Å². The SMILES string of the molecule is CCOC(=O)CCNC(=O)C(C(F)(F)F)C(F)(F)F. The molecule has 0 aliphatic rings. The normalized spacial score (nSPS) is 12.4. The van der Waals surface area contributed by atoms with E-state index in [4.69, 9.17) is 0 Å². The van der Waals surface area contributed by atoms with Crippen LogP contribution in [0.1, 0.15) is 13.3 Å². The lowest BCUT2D eigenvalue weighted by molar-refractivity contribution is -0.274. The minimum Gasteiger partial charge on any atom is -0.466 e. The third-order valence-electron chi connectivity index (χ3n) is 1.85. The lowest BCUT2D eigenvalue weighted by Gasteiger charge is -2.21. The molecule has 1 N–H and O–H groups in total. The number of carbonyl (C=O) groups excluding carboxylic acids is 2. The molecule has 0 aliphatic heterocycles. The maximum Gasteiger partial charge on any atom is 0.409 e. The summed E-state index contributed by atoms with van der Waals surface area (Å²) in [4.78, 5) is 21.6. The van der Waals surface area contributed by atoms with E-state index in [1.165, 1.54) is 12.2 Å². The number of nitrogens with one attached hydrogen (secondary N) is 1. The first-order chi connectivity index (χ1) is 8.50. The fourth-order valence-corrected chi connectivity index (χ4v) is 1.11. The van der Waals surface area contributed by atoms with Crippen molar-refractivity contribution in [2.75, 3.05) is 13.2 Å². The highest BCUT2D eigenvalue weighted by Gasteiger charge is 2.60. The second-order valence-electron chi connectivity index (χ2n) is 3.36. The van der Waals surface area contributed by atoms with Gasteiger partial charge in [-0.1, -0.05) is 0 Å². The molecule has 0 unspecified atom stereocenters. The van der Waals surface area contributed by atoms with Crippen LogP contribution in [-0.2, 0) is 14.3 Å². The Morgan fingerprint density at radius 3 is 1.95 bits per heavy atom. The minimum atomic E-state index is -5.74. The zero-order chi connectivity index (χ0) is 15.3. The monoisotopic (exact) mass is 295 g/mol. The molecule has 4 nitrogen and oxygen atoms in total. The number of hydrogen-bond acceptors (Lipinski definition) is 3. The second-order valence-corrected chi connectivity index (χ2v) is 3.36. The number of amides is 1. The predicted octanol–water partition coefficient (Wildman–Crippen LogP) is 1.80. The number of alkyl halides is 6. The Balaban J connectivity index is 4.49. The van der Waals surface area contributed by atoms with Crippen LogP contribution in [-0.4, -0.2) is 37.4 Å². The van der Waals surface area contributed by atoms with Gasteiger partial charge in [0, 0.05) is 6.54 Å². The van der Waals surface area contributed by atoms with Crippen LogP contribution in [0.25, 0.3) is 0 Å². The van der Waals surface area contributed by atoms with Gasteiger partial charge in [0.25, 0.3) is 0 Å². The summed E-state index contributed by atoms with van der Waals surface area (Å²) in [5.41, 5.74) is 0. The minimum absolute atomic E-state index is 0.0144. The first-order valence-electron chi connectivity index (χ1n) is 5.07. The summed E-state index contributed by atoms with van der Waals surface area (Å²) in [6.07, 6.45) is -12.0. The van der Waals surface area contributed by atoms with Crippen molar-refractivity contribution < 1.29 is 40.7 Å². The van der Waals surface area contributed by atoms with Crippen LogP contribution < -0.4 is 5.32 Å². The van der Waals surface area contributed by atoms with Crippen molar-refractivity contribution in [2.24, 2.45) is 5.92 Å². The molecule has 0 rings (SSSR count). The number of esters is 1. The third kappa shape index (κ3) is 6.30. The number of hydrogen-bond donors (Lipinski definition) is 1. The first kappa shape index (κ1) is 17.5. The van der Waals surface area contributed by atoms with E-state index in [0.717, 1.165) is 0 Å². The van der Waals surface area contributed by atoms with Gasteiger partial charge in [-0.3, -0.25) is 9.59 Å². The second kappa shape index (κ2) is 6.62. The predicted molar refractivity (Wildman–Crippen MR) is 49.9 cm³/mol. The van der Waals surface area contributed by atoms with E-state index in [1.54, 1.807) is 0 Å². The average Bonchev–Trinajstić information content (AvgIpc) is 2.12. The summed E-state index contributed by atoms with van der Waals surface area (Å²) >= 11 is 0. The summed E-state index contributed by atoms with van der Waals surface area (Å²) in [6, 6.07) is 0. The Morgan fingerprint density at radius 1 is 1.11 bits per heavy atom. The summed E-state index contributed by atoms with van der Waals surface area (Å²) < 4.78 is 77.0. The maximum atomic E-state index is 12.1. The van der Waals surface area contributed by atoms with E-state index in [0.29, 0.717) is 0 Å². The van der Waals surface area contributed by atoms with Gasteiger partial charge in [0.05, 0.1) is 13.0 Å². The zero-order valence-electron chi connectivity index (χ0n) is 9.69. The summed E-state index contributed by atoms with van der Waals surface area (Å²) in [7, 11) is 0. The lowest BCUT2D eigenvalue weighted by Crippen LogP contribution is -2.48. The smallest absolute Gasteiger partial charge is 0.409 e. The van der Waals surface area contributed by atoms with Crippen LogP contribution >= 0.6 is 0 Å². The molecular formula is C9H11F6NO3. The van der Waals surface area contributed by atoms with E-state index in [-0.39, 0.29) is 6.61 Å². The molecule has 0 fully saturated rings. The standard InChI is InChI=1S/C9H11F6NO3/c1-2-19-5(17)3-4-16-7(18)6(8(10,11)12)9(13,14)15/h6H,2-4H2,1H3,(H,16,18). The van der Waals surface area contributed by atoms with Crippen molar-refractivity contribution in [3.8, 4) is 0 Å². The highest BCUT2D eigenvalue weighted by atomic mass is 19.4. The van der Waals surface area contributed by atoms with Crippen LogP contribution in [0.5, 0.6) is 0 Å². The third-order valence-corrected chi connectivity index (χ3v) is 1.85. The number of rotatable bonds is 5. The first-order valence-corrected chi connectivity index (χ1v) is 5.07. The van der Waals surface area contributed by atoms with Crippen molar-refractivity contribution >= 4 is 11.9 Å². The Kier molecular flexibility index (Phi) is 6.10. The van der Waals surface area contributed by atoms with Crippen molar-refractivity contribution in [1.29, 1.82) is 0 Å². The van der Waals surface area contributed by atoms with Crippen molar-refractivity contribution in [3.05, 3.63) is 0 Å². The van der Waals surface area contributed by atoms with Crippen LogP contribution in [0.3, 0.4) is 0 Å². The molecule has 0 saturated carbocycles. The van der Waals surface area contributed by atoms with Gasteiger partial charge in [-0.05, 0) is 6.92 Å². The van der Waals surface area contributed by atoms with Crippen LogP contribution in [0.4, 0.5) is 26.3 Å². The largest absolute Gasteiger partial charge is 0.466 e. The van der Waals surface area contributed by atoms with Gasteiger partial charge < -0.3 is 10.1 Å². The highest BCUT2D eigenvalue weighted by molar-refractivity contribution is 5.80. The summed E-state index contributed by atoms with van der Waals surface area (Å²) in [5.74, 6) is -7.19. The maximum absolute atomic E-state index is 12.1. The van der Waals surface area contributed by atoms with E-state index >= 15 is 0 Å². The number of ether oxygens (including phenoxy) is 1. The molecule has 0 spiro atoms. The molecule has 19 heavy (non-hydrogen) atoms. The Hall–Kier alpha value is -1.48. The van der Waals surface area contributed by atoms with Crippen molar-refractivity contribution in [2.45, 2.75) is 25.7 Å². The van der Waals surface area contributed by atoms with Crippen LogP contribution in [0, 0.1) is 5.92 Å². The fourth-order valence-electron chi connectivity index (χ4n) is 1.11. The Morgan fingerprint density at radius 2 is 1.58 bits per heavy atom. The van der Waals surface area contributed by atoms with E-state index in [9.17, 15) is 35.9 Å². The van der Waals surface area contributed by atoms with Crippen LogP contribution in [0.2, 0.25) is 0 Å². The van der Waals surface area contributed by atoms with Crippen molar-refractivity contribution in [3.63, 3.8) is 0 Å². The van der Waals surface area contributed by atoms with Gasteiger partial charge in [0.15, 0.2) is 0 Å². The fraction of sp³-hybridized carbons (Fsp3) is 0.778. The molecule has 0 aliphatic carbocycles. The van der Waals surface area contributed by atoms with Gasteiger partial charge in [-0.15, -0.1) is 0 Å². The quantitative estimate of drug-likeness (QED) is 0.621. The average molecular weight is 295 g/mol. The molecule has 0 aromatic rings. The van der Waals surface area contributed by atoms with Gasteiger partial charge in [0.1, 0.15) is 0 Å². The molecular weight excluding hydrogens is 284 g/mol. The topological polar surface area (TPSA) is 55.4 Å². The summed E-state index contributed by atoms with van der Waals surface area (Å²) in [6.45, 7) is 0.820. The van der Waals surface area contributed by atoms with Gasteiger partial charge in [-0.2, -0.15) is 26.3 Å². The van der Waals surface area contributed by atoms with E-state index in [2.05, 4.69) is 4.74 Å². The van der Waals surface area contributed by atoms with Crippen molar-refractivity contribution in [1.82, 2.24) is 5.32 Å². The molecule has 0 aromatic heterocycles. The molecule has 0 bridgehead atoms. The molecule has 0 atom stereocenters. The molecule has 0 radical (unpaired) electrons. The van der Waals surface area contributed by atoms with Gasteiger partial charge in [-0.25, -0.2) is 0 Å². The molecule has 0 aromatic carbocycles. The van der Waals surface area contributed by atoms with Gasteiger partial charge in [0.2, 0.25) is 11.8 Å². The highest BCUT2D eigenvalue weighted by Crippen LogP contribution is 2.39. The molecule has 112 valence electrons. The van der Waals surface area contributed by atoms with Gasteiger partial charge >= 0.3 is 18.3 Å². The molecule has 0 saturated heterocycles. The Bertz CT molecular complexity index is 311. The lowest BCUT2D eigenvalue weighted by atomic mass is 10.1. The molecule has 1 amide bonds. The molecule has 10 heteroatoms.